The average molecular weight is 557 g/mol. The molecule has 4 aromatic heterocycles. The number of aryl methyl sites for hydroxylation is 2. The molecule has 5 heterocycles. The fourth-order valence-corrected chi connectivity index (χ4v) is 5.90. The van der Waals surface area contributed by atoms with Crippen molar-refractivity contribution < 1.29 is 9.59 Å². The normalized spacial score (nSPS) is 18.4. The number of pyridine rings is 1. The molecule has 4 aromatic rings. The van der Waals surface area contributed by atoms with Crippen LogP contribution in [-0.2, 0) is 11.3 Å². The van der Waals surface area contributed by atoms with Gasteiger partial charge in [-0.3, -0.25) is 29.1 Å². The number of rotatable bonds is 10. The van der Waals surface area contributed by atoms with E-state index in [0.717, 1.165) is 43.2 Å². The van der Waals surface area contributed by atoms with Crippen molar-refractivity contribution >= 4 is 28.7 Å². The van der Waals surface area contributed by atoms with Crippen molar-refractivity contribution in [3.8, 4) is 11.3 Å². The minimum absolute atomic E-state index is 0.0657. The zero-order chi connectivity index (χ0) is 28.5. The van der Waals surface area contributed by atoms with Crippen molar-refractivity contribution in [2.24, 2.45) is 5.92 Å². The van der Waals surface area contributed by atoms with Crippen molar-refractivity contribution in [1.82, 2.24) is 39.2 Å². The van der Waals surface area contributed by atoms with Gasteiger partial charge in [-0.2, -0.15) is 10.2 Å². The van der Waals surface area contributed by atoms with E-state index >= 15 is 0 Å². The van der Waals surface area contributed by atoms with Crippen molar-refractivity contribution in [3.63, 3.8) is 0 Å². The molecule has 0 aromatic carbocycles. The van der Waals surface area contributed by atoms with Gasteiger partial charge in [0.1, 0.15) is 0 Å². The van der Waals surface area contributed by atoms with Gasteiger partial charge >= 0.3 is 0 Å². The summed E-state index contributed by atoms with van der Waals surface area (Å²) in [5, 5.41) is 14.7. The van der Waals surface area contributed by atoms with Gasteiger partial charge in [0.2, 0.25) is 5.91 Å². The van der Waals surface area contributed by atoms with Gasteiger partial charge in [-0.05, 0) is 65.2 Å². The number of hydrogen-bond acceptors (Lipinski definition) is 8. The third-order valence-corrected chi connectivity index (χ3v) is 8.06. The van der Waals surface area contributed by atoms with Crippen LogP contribution < -0.4 is 10.6 Å². The van der Waals surface area contributed by atoms with E-state index in [1.807, 2.05) is 17.8 Å². The van der Waals surface area contributed by atoms with Crippen LogP contribution in [0.5, 0.6) is 0 Å². The van der Waals surface area contributed by atoms with E-state index in [4.69, 9.17) is 0 Å². The first-order valence-electron chi connectivity index (χ1n) is 14.1. The van der Waals surface area contributed by atoms with Gasteiger partial charge < -0.3 is 15.5 Å². The molecule has 2 atom stereocenters. The number of nitrogens with one attached hydrogen (secondary N) is 2. The Hall–Kier alpha value is -4.16. The molecule has 214 valence electrons. The van der Waals surface area contributed by atoms with Gasteiger partial charge in [0, 0.05) is 30.9 Å². The Morgan fingerprint density at radius 2 is 1.93 bits per heavy atom. The van der Waals surface area contributed by atoms with E-state index in [9.17, 15) is 9.59 Å². The molecule has 41 heavy (non-hydrogen) atoms. The van der Waals surface area contributed by atoms with Crippen LogP contribution in [0.1, 0.15) is 41.7 Å². The second-order valence-corrected chi connectivity index (χ2v) is 11.4. The van der Waals surface area contributed by atoms with Crippen molar-refractivity contribution in [2.45, 2.75) is 45.2 Å². The fourth-order valence-electron chi connectivity index (χ4n) is 5.90. The minimum Gasteiger partial charge on any atom is -0.324 e. The molecule has 2 amide bonds. The van der Waals surface area contributed by atoms with E-state index in [1.165, 1.54) is 25.5 Å². The van der Waals surface area contributed by atoms with Crippen LogP contribution in [0.25, 0.3) is 16.8 Å². The molecule has 0 radical (unpaired) electrons. The van der Waals surface area contributed by atoms with Crippen LogP contribution in [0.2, 0.25) is 0 Å². The van der Waals surface area contributed by atoms with E-state index in [0.29, 0.717) is 40.7 Å². The first-order chi connectivity index (χ1) is 19.8. The number of piperidine rings is 1. The quantitative estimate of drug-likeness (QED) is 0.306. The second kappa shape index (κ2) is 11.4. The van der Waals surface area contributed by atoms with Crippen molar-refractivity contribution in [2.75, 3.05) is 44.4 Å². The molecule has 0 spiro atoms. The highest BCUT2D eigenvalue weighted by atomic mass is 16.2. The number of carbonyl (C=O) groups is 2. The van der Waals surface area contributed by atoms with Crippen molar-refractivity contribution in [1.29, 1.82) is 0 Å². The van der Waals surface area contributed by atoms with Gasteiger partial charge in [-0.25, -0.2) is 4.52 Å². The Bertz CT molecular complexity index is 1570. The third kappa shape index (κ3) is 5.98. The molecule has 1 aliphatic carbocycles. The van der Waals surface area contributed by atoms with Crippen LogP contribution in [0.3, 0.4) is 0 Å². The fraction of sp³-hybridized carbons (Fsp3) is 0.448. The van der Waals surface area contributed by atoms with Crippen LogP contribution >= 0.6 is 0 Å². The van der Waals surface area contributed by atoms with E-state index in [-0.39, 0.29) is 11.8 Å². The Labute approximate surface area is 238 Å². The zero-order valence-electron chi connectivity index (χ0n) is 23.7. The Morgan fingerprint density at radius 3 is 2.71 bits per heavy atom. The number of anilines is 2. The first-order valence-corrected chi connectivity index (χ1v) is 14.1. The van der Waals surface area contributed by atoms with Crippen LogP contribution in [0.4, 0.5) is 11.4 Å². The topological polar surface area (TPSA) is 126 Å². The number of hydrogen-bond donors (Lipinski definition) is 2. The first kappa shape index (κ1) is 27.0. The number of likely N-dealkylation sites (tertiary alicyclic amines) is 1. The zero-order valence-corrected chi connectivity index (χ0v) is 23.7. The molecule has 12 nitrogen and oxygen atoms in total. The third-order valence-electron chi connectivity index (χ3n) is 8.06. The van der Waals surface area contributed by atoms with E-state index in [1.54, 1.807) is 35.4 Å². The van der Waals surface area contributed by atoms with Crippen molar-refractivity contribution in [3.05, 3.63) is 54.5 Å². The summed E-state index contributed by atoms with van der Waals surface area (Å²) < 4.78 is 3.56. The monoisotopic (exact) mass is 556 g/mol. The van der Waals surface area contributed by atoms with Crippen LogP contribution in [0, 0.1) is 12.8 Å². The second-order valence-electron chi connectivity index (χ2n) is 11.4. The summed E-state index contributed by atoms with van der Waals surface area (Å²) in [6.07, 6.45) is 15.0. The summed E-state index contributed by atoms with van der Waals surface area (Å²) >= 11 is 0. The summed E-state index contributed by atoms with van der Waals surface area (Å²) in [4.78, 5) is 39.3. The highest BCUT2D eigenvalue weighted by molar-refractivity contribution is 6.09. The van der Waals surface area contributed by atoms with Gasteiger partial charge in [-0.15, -0.1) is 0 Å². The lowest BCUT2D eigenvalue weighted by molar-refractivity contribution is -0.117. The predicted octanol–water partition coefficient (Wildman–Crippen LogP) is 2.92. The molecule has 1 aliphatic heterocycles. The van der Waals surface area contributed by atoms with E-state index < -0.39 is 0 Å². The average Bonchev–Trinajstić information content (AvgIpc) is 3.74. The number of nitrogens with zero attached hydrogens (tertiary/aromatic N) is 8. The number of carbonyl (C=O) groups excluding carboxylic acids is 2. The summed E-state index contributed by atoms with van der Waals surface area (Å²) in [6.45, 7) is 5.01. The lowest BCUT2D eigenvalue weighted by Gasteiger charge is -2.25. The number of amides is 2. The Morgan fingerprint density at radius 1 is 1.05 bits per heavy atom. The molecule has 2 fully saturated rings. The largest absolute Gasteiger partial charge is 0.324 e. The number of fused-ring (bicyclic) bond motifs is 3. The summed E-state index contributed by atoms with van der Waals surface area (Å²) in [5.74, 6) is 0.341. The molecule has 1 saturated heterocycles. The Kier molecular flexibility index (Phi) is 7.50. The van der Waals surface area contributed by atoms with Gasteiger partial charge in [0.25, 0.3) is 5.91 Å². The molecule has 2 aliphatic rings. The predicted molar refractivity (Wildman–Crippen MR) is 156 cm³/mol. The summed E-state index contributed by atoms with van der Waals surface area (Å²) in [6, 6.07) is 2.27. The Balaban J connectivity index is 1.11. The minimum atomic E-state index is -0.329. The number of aromatic nitrogens is 6. The maximum atomic E-state index is 13.3. The van der Waals surface area contributed by atoms with Gasteiger partial charge in [0.15, 0.2) is 0 Å². The smallest absolute Gasteiger partial charge is 0.259 e. The van der Waals surface area contributed by atoms with E-state index in [2.05, 4.69) is 54.7 Å². The molecule has 6 rings (SSSR count). The maximum absolute atomic E-state index is 13.3. The summed E-state index contributed by atoms with van der Waals surface area (Å²) in [5.41, 5.74) is 4.30. The highest BCUT2D eigenvalue weighted by Gasteiger charge is 2.38. The lowest BCUT2D eigenvalue weighted by Crippen LogP contribution is -2.38. The highest BCUT2D eigenvalue weighted by Crippen LogP contribution is 2.37. The molecule has 2 N–H and O–H groups in total. The van der Waals surface area contributed by atoms with Gasteiger partial charge in [-0.1, -0.05) is 0 Å². The molecule has 2 bridgehead atoms. The summed E-state index contributed by atoms with van der Waals surface area (Å²) in [7, 11) is 4.11. The molecule has 1 saturated carbocycles. The van der Waals surface area contributed by atoms with Gasteiger partial charge in [0.05, 0.1) is 71.4 Å². The molecule has 0 unspecified atom stereocenters. The van der Waals surface area contributed by atoms with Crippen LogP contribution in [-0.4, -0.2) is 90.7 Å². The molecular weight excluding hydrogens is 520 g/mol. The SMILES string of the molecule is Cc1ncc(NC(=O)CN2C[C@@H]3CC[C@H]2C3)cc1NC(=O)c1cnn2cc(-c3cnn(CCCN(C)C)c3)ncc12. The molecular formula is C29H36N10O2. The van der Waals surface area contributed by atoms with Crippen LogP contribution in [0.15, 0.2) is 43.2 Å². The molecule has 12 heteroatoms. The standard InChI is InChI=1S/C29H36N10O2/c1-19-25(10-22(12-30-19)34-28(40)18-37-15-20-5-6-23(37)9-20)35-29(41)24-13-33-39-17-26(31-14-27(24)39)21-11-32-38(16-21)8-4-7-36(2)3/h10-14,16-17,20,23H,4-9,15,18H2,1-3H3,(H,34,40)(H,35,41)/t20-,23+/m1/s1. The lowest BCUT2D eigenvalue weighted by atomic mass is 10.1. The maximum Gasteiger partial charge on any atom is 0.259 e.